The molecule has 0 radical (unpaired) electrons. The Morgan fingerprint density at radius 2 is 1.29 bits per heavy atom. The number of hydrogen-bond acceptors (Lipinski definition) is 6. The van der Waals surface area contributed by atoms with Crippen LogP contribution in [-0.2, 0) is 31.1 Å². The summed E-state index contributed by atoms with van der Waals surface area (Å²) in [5.41, 5.74) is 1.37. The number of unbranched alkanes of at least 4 members (excludes halogenated alkanes) is 1. The smallest absolute Gasteiger partial charge is 0.319 e. The van der Waals surface area contributed by atoms with Crippen LogP contribution >= 0.6 is 0 Å². The molecular formula is C39H40N4O6S2. The Labute approximate surface area is 299 Å². The van der Waals surface area contributed by atoms with E-state index >= 15 is 0 Å². The number of carbonyl (C=O) groups is 2. The Morgan fingerprint density at radius 3 is 2.02 bits per heavy atom. The van der Waals surface area contributed by atoms with Gasteiger partial charge in [0.05, 0.1) is 9.79 Å². The van der Waals surface area contributed by atoms with E-state index in [1.165, 1.54) is 18.2 Å². The highest BCUT2D eigenvalue weighted by atomic mass is 32.2. The van der Waals surface area contributed by atoms with Crippen LogP contribution in [0.4, 0.5) is 10.5 Å². The highest BCUT2D eigenvalue weighted by molar-refractivity contribution is 7.94. The van der Waals surface area contributed by atoms with E-state index in [-0.39, 0.29) is 22.8 Å². The first-order valence-electron chi connectivity index (χ1n) is 16.5. The number of benzene rings is 5. The normalized spacial score (nSPS) is 13.0. The lowest BCUT2D eigenvalue weighted by molar-refractivity contribution is -0.123. The lowest BCUT2D eigenvalue weighted by Crippen LogP contribution is -2.51. The van der Waals surface area contributed by atoms with Crippen molar-refractivity contribution >= 4 is 48.3 Å². The summed E-state index contributed by atoms with van der Waals surface area (Å²) in [4.78, 5) is 27.1. The summed E-state index contributed by atoms with van der Waals surface area (Å²) in [5.74, 6) is -0.509. The molecule has 3 amide bonds. The molecule has 0 aliphatic heterocycles. The first-order chi connectivity index (χ1) is 24.6. The van der Waals surface area contributed by atoms with Gasteiger partial charge in [-0.1, -0.05) is 109 Å². The van der Waals surface area contributed by atoms with Gasteiger partial charge in [0, 0.05) is 35.5 Å². The number of hydrogen-bond donors (Lipinski definition) is 4. The van der Waals surface area contributed by atoms with Crippen molar-refractivity contribution in [2.75, 3.05) is 11.9 Å². The molecule has 0 saturated heterocycles. The van der Waals surface area contributed by atoms with Gasteiger partial charge in [-0.3, -0.25) is 4.79 Å². The molecule has 0 spiro atoms. The van der Waals surface area contributed by atoms with Gasteiger partial charge in [0.1, 0.15) is 6.04 Å². The van der Waals surface area contributed by atoms with E-state index in [0.29, 0.717) is 30.3 Å². The molecule has 0 aliphatic rings. The minimum Gasteiger partial charge on any atom is -0.348 e. The van der Waals surface area contributed by atoms with E-state index in [9.17, 15) is 26.4 Å². The van der Waals surface area contributed by atoms with Gasteiger partial charge in [0.25, 0.3) is 0 Å². The zero-order valence-corrected chi connectivity index (χ0v) is 29.4. The quantitative estimate of drug-likeness (QED) is 0.0892. The fourth-order valence-electron chi connectivity index (χ4n) is 5.50. The molecule has 0 aromatic heterocycles. The zero-order valence-electron chi connectivity index (χ0n) is 27.8. The predicted molar refractivity (Wildman–Crippen MR) is 200 cm³/mol. The maximum Gasteiger partial charge on any atom is 0.319 e. The maximum atomic E-state index is 13.8. The molecule has 51 heavy (non-hydrogen) atoms. The Bertz CT molecular complexity index is 2160. The number of para-hydroxylation sites is 1. The lowest BCUT2D eigenvalue weighted by Gasteiger charge is -2.22. The average molecular weight is 725 g/mol. The van der Waals surface area contributed by atoms with Crippen molar-refractivity contribution < 1.29 is 26.4 Å². The molecule has 5 aromatic carbocycles. The van der Waals surface area contributed by atoms with Gasteiger partial charge in [-0.05, 0) is 60.5 Å². The van der Waals surface area contributed by atoms with Crippen molar-refractivity contribution in [3.8, 4) is 0 Å². The molecule has 0 unspecified atom stereocenters. The largest absolute Gasteiger partial charge is 0.348 e. The van der Waals surface area contributed by atoms with Gasteiger partial charge in [0.15, 0.2) is 9.84 Å². The third-order valence-electron chi connectivity index (χ3n) is 8.10. The molecule has 10 nitrogen and oxygen atoms in total. The van der Waals surface area contributed by atoms with E-state index in [1.54, 1.807) is 66.7 Å². The number of fused-ring (bicyclic) bond motifs is 1. The molecule has 0 fully saturated rings. The van der Waals surface area contributed by atoms with Crippen molar-refractivity contribution in [2.24, 2.45) is 0 Å². The average Bonchev–Trinajstić information content (AvgIpc) is 3.14. The highest BCUT2D eigenvalue weighted by Gasteiger charge is 2.24. The van der Waals surface area contributed by atoms with Crippen LogP contribution in [0, 0.1) is 0 Å². The molecule has 0 heterocycles. The Morgan fingerprint density at radius 1 is 0.667 bits per heavy atom. The van der Waals surface area contributed by atoms with E-state index in [0.717, 1.165) is 16.4 Å². The molecule has 5 rings (SSSR count). The van der Waals surface area contributed by atoms with E-state index in [4.69, 9.17) is 0 Å². The SMILES string of the molecule is O=C(Nc1ccccc1)N[C@@H](Cc1ccccc1)C(=O)N[C@H](/C=C/S(=O)(=O)c1ccccc1)CCCCNS(=O)(=O)c1cccc2ccccc12. The molecule has 2 atom stereocenters. The summed E-state index contributed by atoms with van der Waals surface area (Å²) >= 11 is 0. The molecule has 264 valence electrons. The molecular weight excluding hydrogens is 685 g/mol. The maximum absolute atomic E-state index is 13.8. The van der Waals surface area contributed by atoms with Crippen LogP contribution in [0.3, 0.4) is 0 Å². The van der Waals surface area contributed by atoms with Crippen LogP contribution in [0.25, 0.3) is 10.8 Å². The van der Waals surface area contributed by atoms with Crippen LogP contribution < -0.4 is 20.7 Å². The number of rotatable bonds is 16. The molecule has 0 bridgehead atoms. The van der Waals surface area contributed by atoms with Gasteiger partial charge >= 0.3 is 6.03 Å². The van der Waals surface area contributed by atoms with Gasteiger partial charge in [-0.25, -0.2) is 26.4 Å². The van der Waals surface area contributed by atoms with E-state index in [2.05, 4.69) is 20.7 Å². The summed E-state index contributed by atoms with van der Waals surface area (Å²) < 4.78 is 55.2. The second kappa shape index (κ2) is 17.6. The van der Waals surface area contributed by atoms with Crippen molar-refractivity contribution in [2.45, 2.75) is 47.6 Å². The number of amides is 3. The van der Waals surface area contributed by atoms with Crippen molar-refractivity contribution in [1.82, 2.24) is 15.4 Å². The van der Waals surface area contributed by atoms with Gasteiger partial charge in [-0.2, -0.15) is 0 Å². The van der Waals surface area contributed by atoms with Gasteiger partial charge in [-0.15, -0.1) is 0 Å². The van der Waals surface area contributed by atoms with Gasteiger partial charge in [0.2, 0.25) is 15.9 Å². The van der Waals surface area contributed by atoms with Crippen molar-refractivity contribution in [3.63, 3.8) is 0 Å². The van der Waals surface area contributed by atoms with E-state index < -0.39 is 43.9 Å². The van der Waals surface area contributed by atoms with Crippen LogP contribution in [0.1, 0.15) is 24.8 Å². The number of nitrogens with one attached hydrogen (secondary N) is 4. The Balaban J connectivity index is 1.28. The third-order valence-corrected chi connectivity index (χ3v) is 11.1. The number of sulfone groups is 1. The molecule has 0 aliphatic carbocycles. The molecule has 0 saturated carbocycles. The first-order valence-corrected chi connectivity index (χ1v) is 19.6. The summed E-state index contributed by atoms with van der Waals surface area (Å²) in [6, 6.07) is 36.0. The summed E-state index contributed by atoms with van der Waals surface area (Å²) in [5, 5.41) is 10.9. The molecule has 12 heteroatoms. The minimum absolute atomic E-state index is 0.107. The lowest BCUT2D eigenvalue weighted by atomic mass is 10.0. The summed E-state index contributed by atoms with van der Waals surface area (Å²) in [7, 11) is -7.62. The Kier molecular flexibility index (Phi) is 12.7. The minimum atomic E-state index is -3.82. The highest BCUT2D eigenvalue weighted by Crippen LogP contribution is 2.22. The topological polar surface area (TPSA) is 151 Å². The van der Waals surface area contributed by atoms with Crippen LogP contribution in [-0.4, -0.2) is 47.4 Å². The monoisotopic (exact) mass is 724 g/mol. The summed E-state index contributed by atoms with van der Waals surface area (Å²) in [6.45, 7) is 0.135. The summed E-state index contributed by atoms with van der Waals surface area (Å²) in [6.07, 6.45) is 2.77. The predicted octanol–water partition coefficient (Wildman–Crippen LogP) is 6.19. The first kappa shape index (κ1) is 37.0. The second-order valence-corrected chi connectivity index (χ2v) is 15.4. The number of sulfonamides is 1. The fourth-order valence-corrected chi connectivity index (χ4v) is 7.89. The zero-order chi connectivity index (χ0) is 36.1. The number of anilines is 1. The van der Waals surface area contributed by atoms with Crippen LogP contribution in [0.5, 0.6) is 0 Å². The fraction of sp³-hybridized carbons (Fsp3) is 0.179. The van der Waals surface area contributed by atoms with Crippen LogP contribution in [0.2, 0.25) is 0 Å². The standard InChI is InChI=1S/C39H40N4O6S2/c44-38(36(29-30-15-4-1-5-16-30)43-39(45)42-32-19-6-2-7-20-32)41-33(26-28-50(46,47)34-22-8-3-9-23-34)21-12-13-27-40-51(48,49)37-25-14-18-31-17-10-11-24-35(31)37/h1-11,14-20,22-26,28,33,36,40H,12-13,21,27,29H2,(H,41,44)(H2,42,43,45)/b28-26+/t33-,36-/m0/s1. The van der Waals surface area contributed by atoms with E-state index in [1.807, 2.05) is 54.6 Å². The van der Waals surface area contributed by atoms with Crippen LogP contribution in [0.15, 0.2) is 155 Å². The van der Waals surface area contributed by atoms with Gasteiger partial charge < -0.3 is 16.0 Å². The molecule has 4 N–H and O–H groups in total. The third kappa shape index (κ3) is 10.8. The van der Waals surface area contributed by atoms with Crippen molar-refractivity contribution in [3.05, 3.63) is 151 Å². The molecule has 5 aromatic rings. The second-order valence-electron chi connectivity index (χ2n) is 11.9. The number of carbonyl (C=O) groups excluding carboxylic acids is 2. The number of urea groups is 1. The Hall–Kier alpha value is -5.30. The van der Waals surface area contributed by atoms with Crippen molar-refractivity contribution in [1.29, 1.82) is 0 Å².